The molecule has 0 radical (unpaired) electrons. The fourth-order valence-electron chi connectivity index (χ4n) is 4.24. The summed E-state index contributed by atoms with van der Waals surface area (Å²) in [4.78, 5) is 13.0. The molecule has 1 saturated carbocycles. The van der Waals surface area contributed by atoms with Gasteiger partial charge in [-0.2, -0.15) is 0 Å². The Labute approximate surface area is 173 Å². The zero-order chi connectivity index (χ0) is 20.7. The van der Waals surface area contributed by atoms with E-state index in [0.717, 1.165) is 49.2 Å². The predicted octanol–water partition coefficient (Wildman–Crippen LogP) is 4.62. The smallest absolute Gasteiger partial charge is 0.235 e. The molecule has 2 aromatic carbocycles. The highest BCUT2D eigenvalue weighted by molar-refractivity contribution is 6.01. The highest BCUT2D eigenvalue weighted by atomic mass is 19.1. The summed E-state index contributed by atoms with van der Waals surface area (Å²) in [7, 11) is 0. The van der Waals surface area contributed by atoms with Crippen LogP contribution < -0.4 is 5.32 Å². The average Bonchev–Trinajstić information content (AvgIpc) is 3.51. The van der Waals surface area contributed by atoms with Crippen LogP contribution in [0.1, 0.15) is 43.5 Å². The van der Waals surface area contributed by atoms with Gasteiger partial charge in [-0.25, -0.2) is 8.78 Å². The summed E-state index contributed by atoms with van der Waals surface area (Å²) in [5, 5.41) is 11.4. The maximum absolute atomic E-state index is 14.5. The Hall–Kier alpha value is -3.09. The van der Waals surface area contributed by atoms with Gasteiger partial charge in [0.25, 0.3) is 0 Å². The molecule has 0 atom stereocenters. The van der Waals surface area contributed by atoms with Crippen LogP contribution in [0.2, 0.25) is 0 Å². The van der Waals surface area contributed by atoms with E-state index in [4.69, 9.17) is 0 Å². The molecule has 0 spiro atoms. The molecule has 30 heavy (non-hydrogen) atoms. The molecule has 1 amide bonds. The van der Waals surface area contributed by atoms with Crippen LogP contribution in [0.15, 0.2) is 42.5 Å². The van der Waals surface area contributed by atoms with Gasteiger partial charge in [-0.15, -0.1) is 10.2 Å². The number of hydrogen-bond donors (Lipinski definition) is 1. The minimum atomic E-state index is -0.720. The molecule has 5 nitrogen and oxygen atoms in total. The number of nitrogens with one attached hydrogen (secondary N) is 1. The molecular weight excluding hydrogens is 386 g/mol. The van der Waals surface area contributed by atoms with Gasteiger partial charge in [-0.1, -0.05) is 18.6 Å². The van der Waals surface area contributed by atoms with Gasteiger partial charge >= 0.3 is 0 Å². The number of rotatable bonds is 4. The molecule has 1 aliphatic heterocycles. The molecule has 0 saturated heterocycles. The molecule has 154 valence electrons. The molecule has 3 aromatic rings. The number of hydrogen-bond acceptors (Lipinski definition) is 3. The number of aromatic nitrogens is 3. The Morgan fingerprint density at radius 3 is 2.57 bits per heavy atom. The second-order valence-electron chi connectivity index (χ2n) is 8.14. The number of carbonyl (C=O) groups is 1. The van der Waals surface area contributed by atoms with E-state index in [1.807, 2.05) is 0 Å². The number of amides is 1. The number of nitrogens with zero attached hydrogens (tertiary/aromatic N) is 3. The van der Waals surface area contributed by atoms with E-state index in [1.54, 1.807) is 24.3 Å². The minimum absolute atomic E-state index is 0.122. The Morgan fingerprint density at radius 1 is 1.00 bits per heavy atom. The van der Waals surface area contributed by atoms with Crippen molar-refractivity contribution in [2.45, 2.75) is 50.5 Å². The van der Waals surface area contributed by atoms with Crippen LogP contribution >= 0.6 is 0 Å². The second-order valence-corrected chi connectivity index (χ2v) is 8.14. The zero-order valence-corrected chi connectivity index (χ0v) is 16.5. The number of aryl methyl sites for hydroxylation is 1. The fourth-order valence-corrected chi connectivity index (χ4v) is 4.24. The predicted molar refractivity (Wildman–Crippen MR) is 109 cm³/mol. The third kappa shape index (κ3) is 3.28. The summed E-state index contributed by atoms with van der Waals surface area (Å²) >= 11 is 0. The molecule has 1 aliphatic carbocycles. The van der Waals surface area contributed by atoms with E-state index >= 15 is 0 Å². The highest BCUT2D eigenvalue weighted by Crippen LogP contribution is 2.49. The van der Waals surface area contributed by atoms with Crippen molar-refractivity contribution in [1.29, 1.82) is 0 Å². The van der Waals surface area contributed by atoms with Crippen molar-refractivity contribution >= 4 is 11.6 Å². The highest BCUT2D eigenvalue weighted by Gasteiger charge is 2.51. The second kappa shape index (κ2) is 7.31. The summed E-state index contributed by atoms with van der Waals surface area (Å²) < 4.78 is 29.9. The third-order valence-corrected chi connectivity index (χ3v) is 6.16. The van der Waals surface area contributed by atoms with Crippen molar-refractivity contribution < 1.29 is 13.6 Å². The molecule has 1 fully saturated rings. The van der Waals surface area contributed by atoms with E-state index in [2.05, 4.69) is 20.1 Å². The van der Waals surface area contributed by atoms with Crippen LogP contribution in [0.25, 0.3) is 11.4 Å². The summed E-state index contributed by atoms with van der Waals surface area (Å²) in [5.41, 5.74) is 0.874. The Bertz CT molecular complexity index is 1100. The van der Waals surface area contributed by atoms with Crippen LogP contribution in [-0.4, -0.2) is 20.7 Å². The van der Waals surface area contributed by atoms with Crippen LogP contribution in [0, 0.1) is 11.6 Å². The first-order valence-electron chi connectivity index (χ1n) is 10.4. The van der Waals surface area contributed by atoms with Crippen molar-refractivity contribution in [3.63, 3.8) is 0 Å². The summed E-state index contributed by atoms with van der Waals surface area (Å²) in [5.74, 6) is 0.525. The lowest BCUT2D eigenvalue weighted by atomic mass is 9.95. The summed E-state index contributed by atoms with van der Waals surface area (Å²) in [6, 6.07) is 10.6. The first-order valence-corrected chi connectivity index (χ1v) is 10.4. The Morgan fingerprint density at radius 2 is 1.80 bits per heavy atom. The molecule has 0 unspecified atom stereocenters. The molecule has 2 heterocycles. The number of benzene rings is 2. The van der Waals surface area contributed by atoms with Crippen LogP contribution in [0.3, 0.4) is 0 Å². The minimum Gasteiger partial charge on any atom is -0.323 e. The lowest BCUT2D eigenvalue weighted by Crippen LogP contribution is -2.28. The maximum Gasteiger partial charge on any atom is 0.235 e. The molecule has 5 rings (SSSR count). The topological polar surface area (TPSA) is 59.8 Å². The van der Waals surface area contributed by atoms with Gasteiger partial charge in [0, 0.05) is 18.5 Å². The number of carbonyl (C=O) groups excluding carboxylic acids is 1. The standard InChI is InChI=1S/C23H22F2N4O/c24-17-8-6-16(7-9-17)23(11-12-23)22(30)26-19-14-15(5-10-18(19)25)21-28-27-20-4-2-1-3-13-29(20)21/h5-10,14H,1-4,11-13H2,(H,26,30). The normalized spacial score (nSPS) is 17.1. The lowest BCUT2D eigenvalue weighted by Gasteiger charge is -2.17. The van der Waals surface area contributed by atoms with Gasteiger partial charge < -0.3 is 9.88 Å². The summed E-state index contributed by atoms with van der Waals surface area (Å²) in [6.07, 6.45) is 5.50. The van der Waals surface area contributed by atoms with Crippen molar-refractivity contribution in [2.24, 2.45) is 0 Å². The fraction of sp³-hybridized carbons (Fsp3) is 0.348. The number of anilines is 1. The van der Waals surface area contributed by atoms with Crippen LogP contribution in [0.4, 0.5) is 14.5 Å². The molecule has 7 heteroatoms. The first-order chi connectivity index (χ1) is 14.6. The molecule has 1 aromatic heterocycles. The largest absolute Gasteiger partial charge is 0.323 e. The Balaban J connectivity index is 1.43. The lowest BCUT2D eigenvalue weighted by molar-refractivity contribution is -0.118. The van der Waals surface area contributed by atoms with E-state index in [-0.39, 0.29) is 17.4 Å². The quantitative estimate of drug-likeness (QED) is 0.685. The molecular formula is C23H22F2N4O. The summed E-state index contributed by atoms with van der Waals surface area (Å²) in [6.45, 7) is 0.838. The third-order valence-electron chi connectivity index (χ3n) is 6.16. The number of fused-ring (bicyclic) bond motifs is 1. The van der Waals surface area contributed by atoms with Crippen LogP contribution in [-0.2, 0) is 23.2 Å². The zero-order valence-electron chi connectivity index (χ0n) is 16.5. The van der Waals surface area contributed by atoms with Crippen molar-refractivity contribution in [2.75, 3.05) is 5.32 Å². The molecule has 2 aliphatic rings. The van der Waals surface area contributed by atoms with E-state index < -0.39 is 11.2 Å². The SMILES string of the molecule is O=C(Nc1cc(-c2nnc3n2CCCCC3)ccc1F)C1(c2ccc(F)cc2)CC1. The maximum atomic E-state index is 14.5. The first kappa shape index (κ1) is 18.9. The van der Waals surface area contributed by atoms with Gasteiger partial charge in [0.05, 0.1) is 11.1 Å². The van der Waals surface area contributed by atoms with Crippen molar-refractivity contribution in [3.8, 4) is 11.4 Å². The number of halogens is 2. The molecule has 0 bridgehead atoms. The van der Waals surface area contributed by atoms with Gasteiger partial charge in [0.15, 0.2) is 5.82 Å². The van der Waals surface area contributed by atoms with Crippen molar-refractivity contribution in [1.82, 2.24) is 14.8 Å². The Kier molecular flexibility index (Phi) is 4.60. The average molecular weight is 408 g/mol. The van der Waals surface area contributed by atoms with Crippen molar-refractivity contribution in [3.05, 3.63) is 65.5 Å². The van der Waals surface area contributed by atoms with E-state index in [9.17, 15) is 13.6 Å². The van der Waals surface area contributed by atoms with Gasteiger partial charge in [0.1, 0.15) is 17.5 Å². The van der Waals surface area contributed by atoms with Crippen LogP contribution in [0.5, 0.6) is 0 Å². The van der Waals surface area contributed by atoms with E-state index in [0.29, 0.717) is 18.7 Å². The van der Waals surface area contributed by atoms with E-state index in [1.165, 1.54) is 18.2 Å². The van der Waals surface area contributed by atoms with Gasteiger partial charge in [-0.3, -0.25) is 4.79 Å². The monoisotopic (exact) mass is 408 g/mol. The van der Waals surface area contributed by atoms with Gasteiger partial charge in [0.2, 0.25) is 5.91 Å². The van der Waals surface area contributed by atoms with Gasteiger partial charge in [-0.05, 0) is 61.6 Å². The molecule has 1 N–H and O–H groups in total.